The van der Waals surface area contributed by atoms with Crippen molar-refractivity contribution in [3.63, 3.8) is 0 Å². The molecule has 3 nitrogen and oxygen atoms in total. The first-order valence-corrected chi connectivity index (χ1v) is 1.55. The van der Waals surface area contributed by atoms with Gasteiger partial charge in [0.15, 0.2) is 0 Å². The van der Waals surface area contributed by atoms with Crippen molar-refractivity contribution in [3.05, 3.63) is 0 Å². The molecule has 0 aliphatic heterocycles. The molecular formula is C3H6O3. The van der Waals surface area contributed by atoms with Crippen LogP contribution in [-0.4, -0.2) is 22.3 Å². The fourth-order valence-electron chi connectivity index (χ4n) is 0. The maximum atomic E-state index is 9.45. The number of aliphatic carboxylic acids is 1. The molecule has 2 N–H and O–H groups in total. The van der Waals surface area contributed by atoms with Crippen molar-refractivity contribution in [2.75, 3.05) is 0 Å². The van der Waals surface area contributed by atoms with Crippen molar-refractivity contribution in [2.45, 2.75) is 13.0 Å². The summed E-state index contributed by atoms with van der Waals surface area (Å²) in [6, 6.07) is 0. The molecule has 1 atom stereocenters. The van der Waals surface area contributed by atoms with E-state index < -0.39 is 12.1 Å². The number of rotatable bonds is 1. The molecular weight excluding hydrogens is 85.0 g/mol. The third-order valence-electron chi connectivity index (χ3n) is 0.357. The van der Waals surface area contributed by atoms with E-state index >= 15 is 0 Å². The van der Waals surface area contributed by atoms with Crippen molar-refractivity contribution >= 4 is 5.97 Å². The Morgan fingerprint density at radius 3 is 2.00 bits per heavy atom. The van der Waals surface area contributed by atoms with Gasteiger partial charge in [0.2, 0.25) is 0 Å². The second-order valence-electron chi connectivity index (χ2n) is 1.01. The first-order valence-electron chi connectivity index (χ1n) is 1.55. The minimum Gasteiger partial charge on any atom is -0.479 e. The second kappa shape index (κ2) is 1.77. The molecule has 3 heteroatoms. The molecule has 0 heterocycles. The van der Waals surface area contributed by atoms with Crippen LogP contribution < -0.4 is 0 Å². The molecule has 0 radical (unpaired) electrons. The third-order valence-corrected chi connectivity index (χ3v) is 0.357. The predicted molar refractivity (Wildman–Crippen MR) is 19.3 cm³/mol. The van der Waals surface area contributed by atoms with Gasteiger partial charge in [-0.3, -0.25) is 0 Å². The van der Waals surface area contributed by atoms with Gasteiger partial charge in [0.25, 0.3) is 0 Å². The first-order chi connectivity index (χ1) is 2.64. The Labute approximate surface area is 35.2 Å². The van der Waals surface area contributed by atoms with E-state index in [0.717, 1.165) is 0 Å². The van der Waals surface area contributed by atoms with Crippen LogP contribution in [0.15, 0.2) is 0 Å². The Morgan fingerprint density at radius 2 is 2.00 bits per heavy atom. The molecule has 0 rings (SSSR count). The van der Waals surface area contributed by atoms with Crippen molar-refractivity contribution < 1.29 is 15.0 Å². The summed E-state index contributed by atoms with van der Waals surface area (Å²) < 4.78 is 0. The quantitative estimate of drug-likeness (QED) is 0.426. The Kier molecular flexibility index (Phi) is 1.60. The van der Waals surface area contributed by atoms with Crippen LogP contribution in [0.1, 0.15) is 6.92 Å². The summed E-state index contributed by atoms with van der Waals surface area (Å²) in [5.41, 5.74) is 0. The highest BCUT2D eigenvalue weighted by atomic mass is 16.5. The van der Waals surface area contributed by atoms with Crippen molar-refractivity contribution in [3.8, 4) is 0 Å². The van der Waals surface area contributed by atoms with E-state index in [1.54, 1.807) is 0 Å². The van der Waals surface area contributed by atoms with Crippen molar-refractivity contribution in [1.82, 2.24) is 0 Å². The number of hydrogen-bond acceptors (Lipinski definition) is 2. The molecule has 0 saturated carbocycles. The average Bonchev–Trinajstić information content (AvgIpc) is 1.36. The Balaban J connectivity index is 3.26. The Bertz CT molecular complexity index is 57.1. The van der Waals surface area contributed by atoms with Gasteiger partial charge >= 0.3 is 5.97 Å². The lowest BCUT2D eigenvalue weighted by Crippen LogP contribution is -2.13. The van der Waals surface area contributed by atoms with Crippen molar-refractivity contribution in [1.29, 1.82) is 0 Å². The molecule has 0 aromatic carbocycles. The van der Waals surface area contributed by atoms with Gasteiger partial charge in [-0.1, -0.05) is 0 Å². The molecule has 0 aromatic rings. The summed E-state index contributed by atoms with van der Waals surface area (Å²) in [7, 11) is 0. The summed E-state index contributed by atoms with van der Waals surface area (Å²) in [5, 5.41) is 15.8. The van der Waals surface area contributed by atoms with E-state index in [4.69, 9.17) is 10.2 Å². The van der Waals surface area contributed by atoms with Gasteiger partial charge in [-0.15, -0.1) is 0 Å². The maximum absolute atomic E-state index is 9.45. The molecule has 1 unspecified atom stereocenters. The zero-order valence-corrected chi connectivity index (χ0v) is 3.38. The molecule has 0 amide bonds. The van der Waals surface area contributed by atoms with E-state index in [-0.39, 0.29) is 0 Å². The van der Waals surface area contributed by atoms with Crippen LogP contribution in [0.25, 0.3) is 0 Å². The van der Waals surface area contributed by atoms with E-state index in [2.05, 4.69) is 0 Å². The number of carboxylic acid groups (broad SMARTS) is 1. The summed E-state index contributed by atoms with van der Waals surface area (Å²) in [5.74, 6) is -1.19. The Morgan fingerprint density at radius 1 is 1.83 bits per heavy atom. The van der Waals surface area contributed by atoms with Crippen LogP contribution >= 0.6 is 0 Å². The molecule has 0 saturated heterocycles. The topological polar surface area (TPSA) is 57.5 Å². The Hall–Kier alpha value is -0.570. The van der Waals surface area contributed by atoms with Gasteiger partial charge < -0.3 is 10.2 Å². The third kappa shape index (κ3) is 1.72. The minimum atomic E-state index is -1.23. The van der Waals surface area contributed by atoms with E-state index in [9.17, 15) is 4.79 Å². The zero-order chi connectivity index (χ0) is 5.15. The molecule has 6 heavy (non-hydrogen) atoms. The molecule has 0 aromatic heterocycles. The van der Waals surface area contributed by atoms with Crippen LogP contribution in [0.3, 0.4) is 0 Å². The van der Waals surface area contributed by atoms with Crippen molar-refractivity contribution in [2.24, 2.45) is 0 Å². The maximum Gasteiger partial charge on any atom is 0.332 e. The van der Waals surface area contributed by atoms with Crippen LogP contribution in [0.5, 0.6) is 0 Å². The van der Waals surface area contributed by atoms with E-state index in [1.165, 1.54) is 6.92 Å². The number of aliphatic hydroxyl groups is 1. The number of carbonyl (C=O) groups is 1. The highest BCUT2D eigenvalue weighted by Gasteiger charge is 2.01. The fraction of sp³-hybridized carbons (Fsp3) is 0.667. The minimum absolute atomic E-state index is 1.19. The smallest absolute Gasteiger partial charge is 0.332 e. The van der Waals surface area contributed by atoms with Gasteiger partial charge in [0.05, 0.1) is 0 Å². The number of carboxylic acids is 1. The van der Waals surface area contributed by atoms with Gasteiger partial charge in [-0.05, 0) is 6.92 Å². The van der Waals surface area contributed by atoms with Crippen LogP contribution in [-0.2, 0) is 4.79 Å². The van der Waals surface area contributed by atoms with Crippen LogP contribution in [0.2, 0.25) is 0 Å². The summed E-state index contributed by atoms with van der Waals surface area (Å²) in [6.45, 7) is 1.20. The molecule has 0 spiro atoms. The lowest BCUT2D eigenvalue weighted by molar-refractivity contribution is -0.145. The molecule has 0 bridgehead atoms. The summed E-state index contributed by atoms with van der Waals surface area (Å²) in [6.07, 6.45) is -1.23. The van der Waals surface area contributed by atoms with Gasteiger partial charge in [-0.25, -0.2) is 4.79 Å². The molecule has 0 fully saturated rings. The predicted octanol–water partition coefficient (Wildman–Crippen LogP) is -0.548. The van der Waals surface area contributed by atoms with E-state index in [0.29, 0.717) is 0 Å². The average molecular weight is 91.1 g/mol. The standard InChI is InChI=1S/C3H6O3/c1-2(4)3(5)6/h2,4H,1H3,(H,5,6)/i3+1. The zero-order valence-electron chi connectivity index (χ0n) is 3.38. The number of hydrogen-bond donors (Lipinski definition) is 2. The van der Waals surface area contributed by atoms with Crippen LogP contribution in [0, 0.1) is 0 Å². The van der Waals surface area contributed by atoms with Gasteiger partial charge in [-0.2, -0.15) is 0 Å². The number of aliphatic hydroxyl groups excluding tert-OH is 1. The molecule has 0 aliphatic rings. The SMILES string of the molecule is CC(O)[13C](=O)O. The normalized spacial score (nSPS) is 13.7. The second-order valence-corrected chi connectivity index (χ2v) is 1.01. The lowest BCUT2D eigenvalue weighted by atomic mass is 10.6. The first kappa shape index (κ1) is 5.43. The summed E-state index contributed by atoms with van der Waals surface area (Å²) in [4.78, 5) is 9.45. The highest BCUT2D eigenvalue weighted by Crippen LogP contribution is 1.73. The lowest BCUT2D eigenvalue weighted by Gasteiger charge is -1.89. The monoisotopic (exact) mass is 91.0 g/mol. The largest absolute Gasteiger partial charge is 0.479 e. The fourth-order valence-corrected chi connectivity index (χ4v) is 0. The summed E-state index contributed by atoms with van der Waals surface area (Å²) >= 11 is 0. The van der Waals surface area contributed by atoms with Crippen LogP contribution in [0.4, 0.5) is 0 Å². The molecule has 0 aliphatic carbocycles. The van der Waals surface area contributed by atoms with Gasteiger partial charge in [0, 0.05) is 0 Å². The molecule has 36 valence electrons. The highest BCUT2D eigenvalue weighted by molar-refractivity contribution is 5.71. The van der Waals surface area contributed by atoms with E-state index in [1.807, 2.05) is 0 Å². The van der Waals surface area contributed by atoms with Gasteiger partial charge in [0.1, 0.15) is 6.10 Å².